The van der Waals surface area contributed by atoms with Gasteiger partial charge in [-0.25, -0.2) is 14.0 Å². The second-order valence-corrected chi connectivity index (χ2v) is 9.32. The first kappa shape index (κ1) is 24.2. The largest absolute Gasteiger partial charge is 0.463 e. The molecule has 2 unspecified atom stereocenters. The maximum atomic E-state index is 13.5. The number of halogens is 1. The smallest absolute Gasteiger partial charge is 0.338 e. The van der Waals surface area contributed by atoms with Gasteiger partial charge in [-0.1, -0.05) is 18.6 Å². The quantitative estimate of drug-likeness (QED) is 0.644. The van der Waals surface area contributed by atoms with E-state index in [0.717, 1.165) is 19.3 Å². The number of nitrogens with zero attached hydrogens (tertiary/aromatic N) is 3. The van der Waals surface area contributed by atoms with Gasteiger partial charge >= 0.3 is 12.0 Å². The molecule has 0 aromatic heterocycles. The zero-order valence-corrected chi connectivity index (χ0v) is 20.1. The fourth-order valence-electron chi connectivity index (χ4n) is 4.91. The maximum absolute atomic E-state index is 13.5. The third kappa shape index (κ3) is 4.80. The monoisotopic (exact) mass is 472 g/mol. The van der Waals surface area contributed by atoms with Crippen molar-refractivity contribution in [3.8, 4) is 0 Å². The van der Waals surface area contributed by atoms with Crippen molar-refractivity contribution in [3.63, 3.8) is 0 Å². The van der Waals surface area contributed by atoms with Crippen molar-refractivity contribution in [2.24, 2.45) is 5.92 Å². The zero-order chi connectivity index (χ0) is 24.4. The van der Waals surface area contributed by atoms with E-state index >= 15 is 0 Å². The lowest BCUT2D eigenvalue weighted by Gasteiger charge is -2.44. The summed E-state index contributed by atoms with van der Waals surface area (Å²) in [6.07, 6.45) is 3.08. The van der Waals surface area contributed by atoms with E-state index < -0.39 is 17.8 Å². The summed E-state index contributed by atoms with van der Waals surface area (Å²) in [6.45, 7) is 6.26. The van der Waals surface area contributed by atoms with Crippen LogP contribution in [0.25, 0.3) is 0 Å². The van der Waals surface area contributed by atoms with Crippen LogP contribution in [0.4, 0.5) is 9.18 Å². The van der Waals surface area contributed by atoms with E-state index in [9.17, 15) is 18.8 Å². The molecule has 8 nitrogen and oxygen atoms in total. The minimum Gasteiger partial charge on any atom is -0.463 e. The normalized spacial score (nSPS) is 24.1. The Balaban J connectivity index is 1.60. The number of rotatable bonds is 6. The van der Waals surface area contributed by atoms with Gasteiger partial charge in [0.25, 0.3) is 0 Å². The van der Waals surface area contributed by atoms with Crippen LogP contribution < -0.4 is 5.32 Å². The molecule has 3 amide bonds. The van der Waals surface area contributed by atoms with Crippen LogP contribution in [0, 0.1) is 11.7 Å². The van der Waals surface area contributed by atoms with E-state index in [2.05, 4.69) is 10.2 Å². The highest BCUT2D eigenvalue weighted by Crippen LogP contribution is 2.33. The van der Waals surface area contributed by atoms with E-state index in [4.69, 9.17) is 4.74 Å². The average Bonchev–Trinajstić information content (AvgIpc) is 2.76. The Morgan fingerprint density at radius 3 is 2.47 bits per heavy atom. The lowest BCUT2D eigenvalue weighted by Crippen LogP contribution is -2.57. The van der Waals surface area contributed by atoms with Crippen LogP contribution in [0.2, 0.25) is 0 Å². The minimum atomic E-state index is -0.739. The molecule has 1 aliphatic carbocycles. The molecule has 1 aromatic carbocycles. The standard InChI is InChI=1S/C25H33FN4O4/c1-4-34-24(32)21-20(28(3)25(33)27-22(21)17-8-10-19(26)11-9-17)15-29-12-13-30(16(2)14-29)23(31)18-6-5-7-18/h8-11,16,18,22H,4-7,12-15H2,1-3H3,(H,27,33). The first-order valence-corrected chi connectivity index (χ1v) is 12.0. The molecule has 1 saturated heterocycles. The second kappa shape index (κ2) is 10.1. The van der Waals surface area contributed by atoms with E-state index in [0.29, 0.717) is 43.0 Å². The van der Waals surface area contributed by atoms with Gasteiger partial charge in [-0.05, 0) is 44.4 Å². The first-order valence-electron chi connectivity index (χ1n) is 12.0. The lowest BCUT2D eigenvalue weighted by atomic mass is 9.84. The summed E-state index contributed by atoms with van der Waals surface area (Å²) in [7, 11) is 1.63. The summed E-state index contributed by atoms with van der Waals surface area (Å²) < 4.78 is 18.9. The number of nitrogens with one attached hydrogen (secondary N) is 1. The third-order valence-electron chi connectivity index (χ3n) is 7.10. The zero-order valence-electron chi connectivity index (χ0n) is 20.1. The molecule has 3 aliphatic rings. The number of esters is 1. The molecule has 34 heavy (non-hydrogen) atoms. The summed E-state index contributed by atoms with van der Waals surface area (Å²) in [5.41, 5.74) is 1.51. The van der Waals surface area contributed by atoms with Gasteiger partial charge in [-0.15, -0.1) is 0 Å². The summed E-state index contributed by atoms with van der Waals surface area (Å²) >= 11 is 0. The van der Waals surface area contributed by atoms with Crippen molar-refractivity contribution in [3.05, 3.63) is 46.9 Å². The molecule has 0 bridgehead atoms. The molecular formula is C25H33FN4O4. The summed E-state index contributed by atoms with van der Waals surface area (Å²) in [5, 5.41) is 2.85. The fraction of sp³-hybridized carbons (Fsp3) is 0.560. The molecule has 2 fully saturated rings. The van der Waals surface area contributed by atoms with E-state index in [1.807, 2.05) is 11.8 Å². The van der Waals surface area contributed by atoms with Crippen LogP contribution in [0.1, 0.15) is 44.7 Å². The second-order valence-electron chi connectivity index (χ2n) is 9.32. The number of hydrogen-bond acceptors (Lipinski definition) is 5. The summed E-state index contributed by atoms with van der Waals surface area (Å²) in [6, 6.07) is 4.71. The number of ether oxygens (including phenoxy) is 1. The molecule has 2 atom stereocenters. The molecule has 0 spiro atoms. The van der Waals surface area contributed by atoms with Gasteiger partial charge in [-0.3, -0.25) is 14.6 Å². The molecular weight excluding hydrogens is 439 g/mol. The molecule has 1 aromatic rings. The van der Waals surface area contributed by atoms with Crippen LogP contribution in [0.3, 0.4) is 0 Å². The number of carbonyl (C=O) groups excluding carboxylic acids is 3. The highest BCUT2D eigenvalue weighted by Gasteiger charge is 2.39. The number of carbonyl (C=O) groups is 3. The molecule has 1 N–H and O–H groups in total. The van der Waals surface area contributed by atoms with Crippen molar-refractivity contribution < 1.29 is 23.5 Å². The molecule has 2 heterocycles. The fourth-order valence-corrected chi connectivity index (χ4v) is 4.91. The Bertz CT molecular complexity index is 976. The lowest BCUT2D eigenvalue weighted by molar-refractivity contribution is -0.142. The molecule has 0 radical (unpaired) electrons. The predicted octanol–water partition coefficient (Wildman–Crippen LogP) is 2.67. The van der Waals surface area contributed by atoms with Crippen LogP contribution in [0.15, 0.2) is 35.5 Å². The Morgan fingerprint density at radius 1 is 1.18 bits per heavy atom. The number of piperazine rings is 1. The van der Waals surface area contributed by atoms with Gasteiger partial charge in [-0.2, -0.15) is 0 Å². The van der Waals surface area contributed by atoms with Crippen LogP contribution in [-0.2, 0) is 14.3 Å². The van der Waals surface area contributed by atoms with Crippen molar-refractivity contribution in [2.75, 3.05) is 39.8 Å². The molecule has 1 saturated carbocycles. The molecule has 9 heteroatoms. The van der Waals surface area contributed by atoms with Crippen molar-refractivity contribution in [1.82, 2.24) is 20.0 Å². The molecule has 4 rings (SSSR count). The van der Waals surface area contributed by atoms with E-state index in [-0.39, 0.29) is 30.5 Å². The highest BCUT2D eigenvalue weighted by molar-refractivity contribution is 5.95. The van der Waals surface area contributed by atoms with Gasteiger partial charge in [0.15, 0.2) is 0 Å². The number of likely N-dealkylation sites (N-methyl/N-ethyl adjacent to an activating group) is 1. The van der Waals surface area contributed by atoms with Crippen molar-refractivity contribution >= 4 is 17.9 Å². The van der Waals surface area contributed by atoms with Gasteiger partial charge in [0.1, 0.15) is 5.82 Å². The summed E-state index contributed by atoms with van der Waals surface area (Å²) in [5.74, 6) is -0.495. The topological polar surface area (TPSA) is 82.2 Å². The van der Waals surface area contributed by atoms with E-state index in [1.165, 1.54) is 17.0 Å². The first-order chi connectivity index (χ1) is 16.3. The Labute approximate surface area is 199 Å². The predicted molar refractivity (Wildman–Crippen MR) is 124 cm³/mol. The van der Waals surface area contributed by atoms with Crippen molar-refractivity contribution in [2.45, 2.75) is 45.2 Å². The van der Waals surface area contributed by atoms with Crippen molar-refractivity contribution in [1.29, 1.82) is 0 Å². The third-order valence-corrected chi connectivity index (χ3v) is 7.10. The Hall–Kier alpha value is -2.94. The van der Waals surface area contributed by atoms with Crippen LogP contribution >= 0.6 is 0 Å². The van der Waals surface area contributed by atoms with E-state index in [1.54, 1.807) is 26.1 Å². The number of urea groups is 1. The number of amides is 3. The van der Waals surface area contributed by atoms with Gasteiger partial charge in [0.2, 0.25) is 5.91 Å². The SMILES string of the molecule is CCOC(=O)C1=C(CN2CCN(C(=O)C3CCC3)C(C)C2)N(C)C(=O)NC1c1ccc(F)cc1. The van der Waals surface area contributed by atoms with Crippen LogP contribution in [-0.4, -0.2) is 78.5 Å². The summed E-state index contributed by atoms with van der Waals surface area (Å²) in [4.78, 5) is 44.3. The molecule has 184 valence electrons. The highest BCUT2D eigenvalue weighted by atomic mass is 19.1. The van der Waals surface area contributed by atoms with Gasteiger partial charge in [0, 0.05) is 50.9 Å². The molecule has 2 aliphatic heterocycles. The van der Waals surface area contributed by atoms with Crippen LogP contribution in [0.5, 0.6) is 0 Å². The number of benzene rings is 1. The van der Waals surface area contributed by atoms with Gasteiger partial charge < -0.3 is 15.0 Å². The minimum absolute atomic E-state index is 0.0455. The average molecular weight is 473 g/mol. The number of hydrogen-bond donors (Lipinski definition) is 1. The Morgan fingerprint density at radius 2 is 1.88 bits per heavy atom. The van der Waals surface area contributed by atoms with Gasteiger partial charge in [0.05, 0.1) is 18.2 Å². The Kier molecular flexibility index (Phi) is 7.21. The maximum Gasteiger partial charge on any atom is 0.338 e.